The molecule has 1 amide bonds. The first-order valence-electron chi connectivity index (χ1n) is 13.5. The van der Waals surface area contributed by atoms with E-state index in [2.05, 4.69) is 18.8 Å². The van der Waals surface area contributed by atoms with E-state index in [4.69, 9.17) is 19.9 Å². The Morgan fingerprint density at radius 2 is 1.60 bits per heavy atom. The molecule has 0 saturated heterocycles. The summed E-state index contributed by atoms with van der Waals surface area (Å²) in [6.07, 6.45) is 1.54. The number of likely N-dealkylation sites (N-methyl/N-ethyl adjacent to an activating group) is 1. The fourth-order valence-corrected chi connectivity index (χ4v) is 4.82. The van der Waals surface area contributed by atoms with Crippen molar-refractivity contribution in [3.8, 4) is 5.75 Å². The van der Waals surface area contributed by atoms with Gasteiger partial charge in [0.1, 0.15) is 10.7 Å². The molecule has 0 unspecified atom stereocenters. The van der Waals surface area contributed by atoms with Gasteiger partial charge in [-0.1, -0.05) is 64.8 Å². The summed E-state index contributed by atoms with van der Waals surface area (Å²) in [4.78, 5) is 27.7. The minimum absolute atomic E-state index is 0.144. The standard InChI is InChI=1S/C29H41N3O7S/c1-6-8-18-37-28(33)31-27(30)24-14-15-25(39-29(34)38-19-9-7-2)26(20-24)40(35,36)32(5)17-16-22-10-12-23(13-11-22)21(3)4/h10-15,20-21H,6-9,16-19H2,1-5H3,(H2,30,31,33). The van der Waals surface area contributed by atoms with Gasteiger partial charge in [-0.3, -0.25) is 0 Å². The minimum Gasteiger partial charge on any atom is -0.448 e. The number of amidine groups is 1. The number of nitrogens with zero attached hydrogens (tertiary/aromatic N) is 2. The number of benzene rings is 2. The van der Waals surface area contributed by atoms with Crippen LogP contribution in [-0.4, -0.2) is 57.6 Å². The molecular weight excluding hydrogens is 534 g/mol. The molecule has 0 aliphatic heterocycles. The molecule has 2 aromatic carbocycles. The van der Waals surface area contributed by atoms with Crippen molar-refractivity contribution < 1.29 is 32.2 Å². The second-order valence-corrected chi connectivity index (χ2v) is 11.7. The third-order valence-electron chi connectivity index (χ3n) is 6.14. The Hall–Kier alpha value is -3.44. The molecule has 40 heavy (non-hydrogen) atoms. The second kappa shape index (κ2) is 16.0. The van der Waals surface area contributed by atoms with Crippen LogP contribution in [0.25, 0.3) is 0 Å². The van der Waals surface area contributed by atoms with Crippen molar-refractivity contribution in [1.29, 1.82) is 0 Å². The summed E-state index contributed by atoms with van der Waals surface area (Å²) in [6.45, 7) is 8.62. The zero-order valence-electron chi connectivity index (χ0n) is 24.0. The molecule has 0 radical (unpaired) electrons. The number of aliphatic imine (C=N–C) groups is 1. The Morgan fingerprint density at radius 1 is 0.975 bits per heavy atom. The number of carbonyl (C=O) groups is 2. The maximum Gasteiger partial charge on any atom is 0.513 e. The molecule has 0 aromatic heterocycles. The summed E-state index contributed by atoms with van der Waals surface area (Å²) < 4.78 is 43.8. The number of rotatable bonds is 14. The number of hydrogen-bond donors (Lipinski definition) is 1. The Labute approximate surface area is 237 Å². The Bertz CT molecular complexity index is 1260. The Kier molecular flexibility index (Phi) is 13.1. The van der Waals surface area contributed by atoms with Gasteiger partial charge < -0.3 is 19.9 Å². The zero-order chi connectivity index (χ0) is 29.7. The number of carbonyl (C=O) groups excluding carboxylic acids is 2. The average molecular weight is 576 g/mol. The summed E-state index contributed by atoms with van der Waals surface area (Å²) in [5.41, 5.74) is 8.32. The van der Waals surface area contributed by atoms with E-state index < -0.39 is 22.3 Å². The molecule has 0 aliphatic rings. The molecule has 0 aliphatic carbocycles. The van der Waals surface area contributed by atoms with E-state index >= 15 is 0 Å². The molecule has 0 fully saturated rings. The quantitative estimate of drug-likeness (QED) is 0.101. The number of ether oxygens (including phenoxy) is 3. The smallest absolute Gasteiger partial charge is 0.448 e. The van der Waals surface area contributed by atoms with Crippen molar-refractivity contribution in [2.45, 2.75) is 70.6 Å². The van der Waals surface area contributed by atoms with E-state index in [1.165, 1.54) is 35.1 Å². The van der Waals surface area contributed by atoms with Gasteiger partial charge in [0.25, 0.3) is 0 Å². The van der Waals surface area contributed by atoms with Crippen molar-refractivity contribution in [3.05, 3.63) is 59.2 Å². The van der Waals surface area contributed by atoms with Gasteiger partial charge in [-0.2, -0.15) is 4.99 Å². The highest BCUT2D eigenvalue weighted by Crippen LogP contribution is 2.28. The predicted octanol–water partition coefficient (Wildman–Crippen LogP) is 5.63. The lowest BCUT2D eigenvalue weighted by Gasteiger charge is -2.20. The molecule has 11 heteroatoms. The summed E-state index contributed by atoms with van der Waals surface area (Å²) >= 11 is 0. The number of nitrogens with two attached hydrogens (primary N) is 1. The molecule has 2 rings (SSSR count). The maximum absolute atomic E-state index is 13.7. The normalized spacial score (nSPS) is 12.0. The summed E-state index contributed by atoms with van der Waals surface area (Å²) in [5, 5.41) is 0. The summed E-state index contributed by atoms with van der Waals surface area (Å²) in [6, 6.07) is 11.9. The minimum atomic E-state index is -4.16. The van der Waals surface area contributed by atoms with Crippen molar-refractivity contribution >= 4 is 28.1 Å². The lowest BCUT2D eigenvalue weighted by atomic mass is 10.0. The van der Waals surface area contributed by atoms with E-state index in [-0.39, 0.29) is 41.8 Å². The third kappa shape index (κ3) is 9.95. The van der Waals surface area contributed by atoms with E-state index in [1.807, 2.05) is 38.1 Å². The highest BCUT2D eigenvalue weighted by molar-refractivity contribution is 7.89. The van der Waals surface area contributed by atoms with E-state index in [0.29, 0.717) is 25.2 Å². The van der Waals surface area contributed by atoms with Crippen molar-refractivity contribution in [2.75, 3.05) is 26.8 Å². The van der Waals surface area contributed by atoms with Gasteiger partial charge in [0, 0.05) is 19.2 Å². The number of hydrogen-bond acceptors (Lipinski definition) is 7. The fourth-order valence-electron chi connectivity index (χ4n) is 3.52. The number of amides is 1. The van der Waals surface area contributed by atoms with Gasteiger partial charge >= 0.3 is 12.2 Å². The first-order valence-corrected chi connectivity index (χ1v) is 15.0. The highest BCUT2D eigenvalue weighted by atomic mass is 32.2. The first-order chi connectivity index (χ1) is 19.0. The SMILES string of the molecule is CCCCOC(=O)N=C(N)c1ccc(OC(=O)OCCCC)c(S(=O)(=O)N(C)CCc2ccc(C(C)C)cc2)c1. The van der Waals surface area contributed by atoms with Crippen molar-refractivity contribution in [3.63, 3.8) is 0 Å². The van der Waals surface area contributed by atoms with Crippen molar-refractivity contribution in [2.24, 2.45) is 10.7 Å². The lowest BCUT2D eigenvalue weighted by molar-refractivity contribution is 0.0968. The van der Waals surface area contributed by atoms with Gasteiger partial charge in [-0.05, 0) is 54.5 Å². The van der Waals surface area contributed by atoms with Crippen LogP contribution in [0, 0.1) is 0 Å². The molecule has 10 nitrogen and oxygen atoms in total. The predicted molar refractivity (Wildman–Crippen MR) is 154 cm³/mol. The van der Waals surface area contributed by atoms with Crippen molar-refractivity contribution in [1.82, 2.24) is 4.31 Å². The summed E-state index contributed by atoms with van der Waals surface area (Å²) in [5.74, 6) is -0.0646. The first kappa shape index (κ1) is 32.8. The molecule has 2 N–H and O–H groups in total. The van der Waals surface area contributed by atoms with Crippen LogP contribution in [0.1, 0.15) is 76.0 Å². The topological polar surface area (TPSA) is 138 Å². The van der Waals surface area contributed by atoms with Gasteiger partial charge in [-0.15, -0.1) is 0 Å². The van der Waals surface area contributed by atoms with Crippen LogP contribution >= 0.6 is 0 Å². The van der Waals surface area contributed by atoms with Crippen LogP contribution in [0.15, 0.2) is 52.4 Å². The Morgan fingerprint density at radius 3 is 2.20 bits per heavy atom. The van der Waals surface area contributed by atoms with Gasteiger partial charge in [0.05, 0.1) is 13.2 Å². The molecule has 0 saturated carbocycles. The van der Waals surface area contributed by atoms with Crippen LogP contribution in [0.5, 0.6) is 5.75 Å². The van der Waals surface area contributed by atoms with E-state index in [0.717, 1.165) is 18.4 Å². The highest BCUT2D eigenvalue weighted by Gasteiger charge is 2.27. The van der Waals surface area contributed by atoms with Gasteiger partial charge in [0.15, 0.2) is 5.75 Å². The lowest BCUT2D eigenvalue weighted by Crippen LogP contribution is -2.30. The van der Waals surface area contributed by atoms with E-state index in [9.17, 15) is 18.0 Å². The molecular formula is C29H41N3O7S. The molecule has 0 spiro atoms. The van der Waals surface area contributed by atoms with Crippen LogP contribution in [0.3, 0.4) is 0 Å². The largest absolute Gasteiger partial charge is 0.513 e. The van der Waals surface area contributed by atoms with Crippen LogP contribution in [-0.2, 0) is 25.9 Å². The zero-order valence-corrected chi connectivity index (χ0v) is 24.8. The molecule has 0 heterocycles. The van der Waals surface area contributed by atoms with Crippen LogP contribution < -0.4 is 10.5 Å². The Balaban J connectivity index is 2.33. The molecule has 220 valence electrons. The van der Waals surface area contributed by atoms with Crippen LogP contribution in [0.2, 0.25) is 0 Å². The number of unbranched alkanes of at least 4 members (excludes halogenated alkanes) is 2. The average Bonchev–Trinajstić information content (AvgIpc) is 2.92. The van der Waals surface area contributed by atoms with Crippen LogP contribution in [0.4, 0.5) is 9.59 Å². The number of sulfonamides is 1. The molecule has 0 bridgehead atoms. The second-order valence-electron chi connectivity index (χ2n) is 9.65. The fraction of sp³-hybridized carbons (Fsp3) is 0.483. The van der Waals surface area contributed by atoms with E-state index in [1.54, 1.807) is 0 Å². The maximum atomic E-state index is 13.7. The summed E-state index contributed by atoms with van der Waals surface area (Å²) in [7, 11) is -2.72. The molecule has 2 aromatic rings. The monoisotopic (exact) mass is 575 g/mol. The van der Waals surface area contributed by atoms with Gasteiger partial charge in [-0.25, -0.2) is 22.3 Å². The third-order valence-corrected chi connectivity index (χ3v) is 8.01. The molecule has 0 atom stereocenters. The van der Waals surface area contributed by atoms with Gasteiger partial charge in [0.2, 0.25) is 10.0 Å².